The second-order valence-corrected chi connectivity index (χ2v) is 4.39. The van der Waals surface area contributed by atoms with Gasteiger partial charge in [0.1, 0.15) is 16.8 Å². The summed E-state index contributed by atoms with van der Waals surface area (Å²) in [6.07, 6.45) is -4.01. The summed E-state index contributed by atoms with van der Waals surface area (Å²) < 4.78 is 38.7. The summed E-state index contributed by atoms with van der Waals surface area (Å²) in [6, 6.07) is 1.44. The molecule has 0 bridgehead atoms. The van der Waals surface area contributed by atoms with Crippen LogP contribution in [0.2, 0.25) is 5.15 Å². The van der Waals surface area contributed by atoms with Crippen LogP contribution in [-0.2, 0) is 12.7 Å². The highest BCUT2D eigenvalue weighted by molar-refractivity contribution is 6.30. The Hall–Kier alpha value is -1.22. The Balaban J connectivity index is 3.11. The van der Waals surface area contributed by atoms with Crippen molar-refractivity contribution in [3.05, 3.63) is 16.4 Å². The van der Waals surface area contributed by atoms with Crippen LogP contribution in [0.1, 0.15) is 31.5 Å². The Labute approximate surface area is 102 Å². The van der Waals surface area contributed by atoms with Crippen LogP contribution >= 0.6 is 11.6 Å². The van der Waals surface area contributed by atoms with Gasteiger partial charge in [0.05, 0.1) is 0 Å². The van der Waals surface area contributed by atoms with Crippen LogP contribution in [0.4, 0.5) is 13.2 Å². The topological polar surface area (TPSA) is 41.6 Å². The van der Waals surface area contributed by atoms with Crippen molar-refractivity contribution in [1.29, 1.82) is 5.26 Å². The van der Waals surface area contributed by atoms with Crippen LogP contribution in [0.15, 0.2) is 0 Å². The number of aromatic nitrogens is 2. The smallest absolute Gasteiger partial charge is 0.252 e. The highest BCUT2D eigenvalue weighted by Crippen LogP contribution is 2.34. The number of nitriles is 1. The Morgan fingerprint density at radius 3 is 2.41 bits per heavy atom. The Kier molecular flexibility index (Phi) is 4.04. The Bertz CT molecular complexity index is 443. The molecule has 0 saturated carbocycles. The largest absolute Gasteiger partial charge is 0.436 e. The van der Waals surface area contributed by atoms with Gasteiger partial charge in [0.15, 0.2) is 5.69 Å². The average Bonchev–Trinajstić information content (AvgIpc) is 2.51. The minimum absolute atomic E-state index is 0.250. The van der Waals surface area contributed by atoms with Crippen molar-refractivity contribution < 1.29 is 13.2 Å². The fourth-order valence-corrected chi connectivity index (χ4v) is 1.52. The van der Waals surface area contributed by atoms with Gasteiger partial charge in [0.25, 0.3) is 0 Å². The quantitative estimate of drug-likeness (QED) is 0.840. The van der Waals surface area contributed by atoms with Gasteiger partial charge in [-0.15, -0.1) is 0 Å². The lowest BCUT2D eigenvalue weighted by atomic mass is 10.1. The highest BCUT2D eigenvalue weighted by atomic mass is 35.5. The maximum atomic E-state index is 12.5. The van der Waals surface area contributed by atoms with Gasteiger partial charge in [-0.25, -0.2) is 0 Å². The predicted molar refractivity (Wildman–Crippen MR) is 56.4 cm³/mol. The molecule has 1 rings (SSSR count). The third-order valence-corrected chi connectivity index (χ3v) is 2.57. The molecule has 0 unspecified atom stereocenters. The second-order valence-electron chi connectivity index (χ2n) is 4.03. The summed E-state index contributed by atoms with van der Waals surface area (Å²) in [5.41, 5.74) is -1.82. The molecule has 1 heterocycles. The van der Waals surface area contributed by atoms with Gasteiger partial charge < -0.3 is 0 Å². The summed E-state index contributed by atoms with van der Waals surface area (Å²) in [6.45, 7) is 4.14. The van der Waals surface area contributed by atoms with E-state index in [9.17, 15) is 13.2 Å². The summed E-state index contributed by atoms with van der Waals surface area (Å²) in [5.74, 6) is 0.315. The van der Waals surface area contributed by atoms with Crippen molar-refractivity contribution in [1.82, 2.24) is 9.78 Å². The van der Waals surface area contributed by atoms with Crippen molar-refractivity contribution in [2.45, 2.75) is 33.0 Å². The summed E-state index contributed by atoms with van der Waals surface area (Å²) >= 11 is 5.70. The van der Waals surface area contributed by atoms with Gasteiger partial charge in [-0.05, 0) is 12.3 Å². The number of rotatable bonds is 3. The van der Waals surface area contributed by atoms with Crippen molar-refractivity contribution in [2.75, 3.05) is 0 Å². The van der Waals surface area contributed by atoms with Crippen LogP contribution in [-0.4, -0.2) is 9.78 Å². The van der Waals surface area contributed by atoms with Gasteiger partial charge in [-0.1, -0.05) is 25.4 Å². The molecule has 0 aliphatic rings. The third kappa shape index (κ3) is 3.13. The molecule has 0 aromatic carbocycles. The standard InChI is InChI=1S/C10H11ClF3N3/c1-6(2)3-4-17-9(11)7(5-15)8(16-17)10(12,13)14/h6H,3-4H2,1-2H3. The first-order valence-electron chi connectivity index (χ1n) is 5.01. The van der Waals surface area contributed by atoms with E-state index in [1.165, 1.54) is 6.07 Å². The van der Waals surface area contributed by atoms with E-state index in [0.717, 1.165) is 4.68 Å². The summed E-state index contributed by atoms with van der Waals surface area (Å²) in [7, 11) is 0. The van der Waals surface area contributed by atoms with E-state index < -0.39 is 17.4 Å². The highest BCUT2D eigenvalue weighted by Gasteiger charge is 2.39. The maximum Gasteiger partial charge on any atom is 0.436 e. The minimum Gasteiger partial charge on any atom is -0.252 e. The van der Waals surface area contributed by atoms with Crippen molar-refractivity contribution in [2.24, 2.45) is 5.92 Å². The molecule has 0 fully saturated rings. The normalized spacial score (nSPS) is 11.9. The average molecular weight is 266 g/mol. The van der Waals surface area contributed by atoms with E-state index in [1.807, 2.05) is 13.8 Å². The van der Waals surface area contributed by atoms with Crippen LogP contribution in [0.25, 0.3) is 0 Å². The molecule has 3 nitrogen and oxygen atoms in total. The summed E-state index contributed by atoms with van der Waals surface area (Å²) in [5, 5.41) is 11.8. The molecule has 0 N–H and O–H groups in total. The van der Waals surface area contributed by atoms with E-state index in [2.05, 4.69) is 5.10 Å². The van der Waals surface area contributed by atoms with Gasteiger partial charge in [-0.3, -0.25) is 4.68 Å². The molecule has 0 radical (unpaired) electrons. The monoisotopic (exact) mass is 265 g/mol. The zero-order valence-electron chi connectivity index (χ0n) is 9.35. The molecule has 94 valence electrons. The van der Waals surface area contributed by atoms with Crippen molar-refractivity contribution in [3.63, 3.8) is 0 Å². The molecule has 1 aromatic rings. The van der Waals surface area contributed by atoms with Crippen LogP contribution < -0.4 is 0 Å². The zero-order chi connectivity index (χ0) is 13.2. The molecule has 0 spiro atoms. The Morgan fingerprint density at radius 2 is 2.06 bits per heavy atom. The van der Waals surface area contributed by atoms with E-state index in [0.29, 0.717) is 12.3 Å². The first-order chi connectivity index (χ1) is 7.77. The lowest BCUT2D eigenvalue weighted by Crippen LogP contribution is -2.10. The molecular formula is C10H11ClF3N3. The number of nitrogens with zero attached hydrogens (tertiary/aromatic N) is 3. The lowest BCUT2D eigenvalue weighted by Gasteiger charge is -2.05. The van der Waals surface area contributed by atoms with E-state index in [1.54, 1.807) is 0 Å². The molecular weight excluding hydrogens is 255 g/mol. The zero-order valence-corrected chi connectivity index (χ0v) is 10.1. The molecule has 1 aromatic heterocycles. The Morgan fingerprint density at radius 1 is 1.47 bits per heavy atom. The number of hydrogen-bond acceptors (Lipinski definition) is 2. The van der Waals surface area contributed by atoms with Crippen LogP contribution in [0, 0.1) is 17.2 Å². The number of halogens is 4. The maximum absolute atomic E-state index is 12.5. The lowest BCUT2D eigenvalue weighted by molar-refractivity contribution is -0.141. The number of hydrogen-bond donors (Lipinski definition) is 0. The van der Waals surface area contributed by atoms with E-state index >= 15 is 0 Å². The molecule has 17 heavy (non-hydrogen) atoms. The van der Waals surface area contributed by atoms with Crippen LogP contribution in [0.3, 0.4) is 0 Å². The van der Waals surface area contributed by atoms with Gasteiger partial charge in [-0.2, -0.15) is 23.5 Å². The summed E-state index contributed by atoms with van der Waals surface area (Å²) in [4.78, 5) is 0. The fourth-order valence-electron chi connectivity index (χ4n) is 1.27. The number of aryl methyl sites for hydroxylation is 1. The molecule has 0 atom stereocenters. The third-order valence-electron chi connectivity index (χ3n) is 2.19. The van der Waals surface area contributed by atoms with E-state index in [4.69, 9.17) is 16.9 Å². The molecule has 0 amide bonds. The van der Waals surface area contributed by atoms with Crippen LogP contribution in [0.5, 0.6) is 0 Å². The molecule has 7 heteroatoms. The van der Waals surface area contributed by atoms with Crippen molar-refractivity contribution >= 4 is 11.6 Å². The SMILES string of the molecule is CC(C)CCn1nc(C(F)(F)F)c(C#N)c1Cl. The molecule has 0 aliphatic heterocycles. The van der Waals surface area contributed by atoms with Gasteiger partial charge in [0, 0.05) is 6.54 Å². The fraction of sp³-hybridized carbons (Fsp3) is 0.600. The second kappa shape index (κ2) is 4.96. The number of alkyl halides is 3. The predicted octanol–water partition coefficient (Wildman–Crippen LogP) is 3.47. The first kappa shape index (κ1) is 13.8. The van der Waals surface area contributed by atoms with Gasteiger partial charge in [0.2, 0.25) is 0 Å². The minimum atomic E-state index is -4.65. The van der Waals surface area contributed by atoms with E-state index in [-0.39, 0.29) is 11.7 Å². The first-order valence-corrected chi connectivity index (χ1v) is 5.38. The van der Waals surface area contributed by atoms with Crippen molar-refractivity contribution in [3.8, 4) is 6.07 Å². The van der Waals surface area contributed by atoms with Gasteiger partial charge >= 0.3 is 6.18 Å². The molecule has 0 saturated heterocycles. The molecule has 0 aliphatic carbocycles.